The van der Waals surface area contributed by atoms with E-state index in [9.17, 15) is 9.18 Å². The summed E-state index contributed by atoms with van der Waals surface area (Å²) in [5, 5.41) is 3.16. The molecule has 1 aromatic carbocycles. The third-order valence-electron chi connectivity index (χ3n) is 2.75. The van der Waals surface area contributed by atoms with Gasteiger partial charge in [0.1, 0.15) is 5.82 Å². The van der Waals surface area contributed by atoms with Gasteiger partial charge in [-0.15, -0.1) is 11.3 Å². The minimum atomic E-state index is -0.680. The molecule has 0 radical (unpaired) electrons. The lowest BCUT2D eigenvalue weighted by Gasteiger charge is -2.07. The third kappa shape index (κ3) is 3.37. The molecule has 0 amide bonds. The molecule has 0 fully saturated rings. The maximum Gasteiger partial charge on any atom is 0.340 e. The Kier molecular flexibility index (Phi) is 4.77. The van der Waals surface area contributed by atoms with E-state index in [4.69, 9.17) is 0 Å². The molecule has 1 N–H and O–H groups in total. The van der Waals surface area contributed by atoms with Crippen LogP contribution in [0, 0.1) is 12.7 Å². The lowest BCUT2D eigenvalue weighted by molar-refractivity contribution is 0.0595. The van der Waals surface area contributed by atoms with Crippen LogP contribution in [0.2, 0.25) is 0 Å². The standard InChI is InChI=1S/C14H13BrFNO2S/c1-8-12(15)6-10(20-8)7-17-9-3-4-13(16)11(5-9)14(18)19-2/h3-6,17H,7H2,1-2H3. The van der Waals surface area contributed by atoms with Crippen LogP contribution in [0.25, 0.3) is 0 Å². The predicted molar refractivity (Wildman–Crippen MR) is 81.8 cm³/mol. The molecule has 0 saturated carbocycles. The van der Waals surface area contributed by atoms with E-state index in [1.165, 1.54) is 24.1 Å². The molecule has 0 aliphatic rings. The van der Waals surface area contributed by atoms with Crippen molar-refractivity contribution in [3.63, 3.8) is 0 Å². The Labute approximate surface area is 128 Å². The van der Waals surface area contributed by atoms with E-state index in [-0.39, 0.29) is 5.56 Å². The molecule has 0 aliphatic carbocycles. The fourth-order valence-electron chi connectivity index (χ4n) is 1.70. The Bertz CT molecular complexity index is 623. The zero-order valence-corrected chi connectivity index (χ0v) is 13.4. The number of carbonyl (C=O) groups excluding carboxylic acids is 1. The first-order valence-corrected chi connectivity index (χ1v) is 7.48. The minimum absolute atomic E-state index is 0.0685. The molecular weight excluding hydrogens is 345 g/mol. The summed E-state index contributed by atoms with van der Waals surface area (Å²) in [6.45, 7) is 2.65. The van der Waals surface area contributed by atoms with Crippen molar-refractivity contribution in [3.05, 3.63) is 49.9 Å². The van der Waals surface area contributed by atoms with E-state index >= 15 is 0 Å². The molecule has 2 aromatic rings. The molecule has 1 aromatic heterocycles. The molecule has 0 aliphatic heterocycles. The van der Waals surface area contributed by atoms with Crippen molar-refractivity contribution >= 4 is 38.9 Å². The number of rotatable bonds is 4. The maximum atomic E-state index is 13.5. The van der Waals surface area contributed by atoms with Gasteiger partial charge in [0, 0.05) is 26.5 Å². The summed E-state index contributed by atoms with van der Waals surface area (Å²) in [4.78, 5) is 13.8. The summed E-state index contributed by atoms with van der Waals surface area (Å²) in [5.41, 5.74) is 0.606. The molecule has 1 heterocycles. The van der Waals surface area contributed by atoms with E-state index < -0.39 is 11.8 Å². The van der Waals surface area contributed by atoms with E-state index in [2.05, 4.69) is 26.0 Å². The third-order valence-corrected chi connectivity index (χ3v) is 4.88. The molecule has 0 atom stereocenters. The smallest absolute Gasteiger partial charge is 0.340 e. The first kappa shape index (κ1) is 15.0. The van der Waals surface area contributed by atoms with E-state index in [0.717, 1.165) is 9.35 Å². The van der Waals surface area contributed by atoms with Crippen molar-refractivity contribution in [2.24, 2.45) is 0 Å². The number of ether oxygens (including phenoxy) is 1. The van der Waals surface area contributed by atoms with E-state index in [0.29, 0.717) is 12.2 Å². The number of nitrogens with one attached hydrogen (secondary N) is 1. The SMILES string of the molecule is COC(=O)c1cc(NCc2cc(Br)c(C)s2)ccc1F. The molecule has 0 bridgehead atoms. The molecule has 106 valence electrons. The van der Waals surface area contributed by atoms with Crippen LogP contribution in [0.4, 0.5) is 10.1 Å². The van der Waals surface area contributed by atoms with Crippen molar-refractivity contribution < 1.29 is 13.9 Å². The fraction of sp³-hybridized carbons (Fsp3) is 0.214. The van der Waals surface area contributed by atoms with Gasteiger partial charge in [-0.2, -0.15) is 0 Å². The Hall–Kier alpha value is -1.40. The van der Waals surface area contributed by atoms with Crippen LogP contribution >= 0.6 is 27.3 Å². The van der Waals surface area contributed by atoms with Crippen LogP contribution in [0.15, 0.2) is 28.7 Å². The van der Waals surface area contributed by atoms with Crippen LogP contribution in [0.5, 0.6) is 0 Å². The molecule has 0 saturated heterocycles. The minimum Gasteiger partial charge on any atom is -0.465 e. The lowest BCUT2D eigenvalue weighted by atomic mass is 10.2. The second kappa shape index (κ2) is 6.37. The average molecular weight is 358 g/mol. The van der Waals surface area contributed by atoms with Gasteiger partial charge in [0.15, 0.2) is 0 Å². The predicted octanol–water partition coefficient (Wildman–Crippen LogP) is 4.36. The molecule has 20 heavy (non-hydrogen) atoms. The normalized spacial score (nSPS) is 10.4. The second-order valence-electron chi connectivity index (χ2n) is 4.16. The van der Waals surface area contributed by atoms with E-state index in [1.54, 1.807) is 17.4 Å². The Morgan fingerprint density at radius 3 is 2.80 bits per heavy atom. The van der Waals surface area contributed by atoms with Crippen LogP contribution < -0.4 is 5.32 Å². The Morgan fingerprint density at radius 1 is 1.45 bits per heavy atom. The van der Waals surface area contributed by atoms with Crippen LogP contribution in [0.1, 0.15) is 20.1 Å². The van der Waals surface area contributed by atoms with Gasteiger partial charge in [0.25, 0.3) is 0 Å². The molecule has 6 heteroatoms. The van der Waals surface area contributed by atoms with Crippen molar-refractivity contribution in [1.82, 2.24) is 0 Å². The highest BCUT2D eigenvalue weighted by atomic mass is 79.9. The zero-order chi connectivity index (χ0) is 14.7. The summed E-state index contributed by atoms with van der Waals surface area (Å²) < 4.78 is 19.1. The second-order valence-corrected chi connectivity index (χ2v) is 6.35. The highest BCUT2D eigenvalue weighted by Gasteiger charge is 2.12. The van der Waals surface area contributed by atoms with Gasteiger partial charge in [0.2, 0.25) is 0 Å². The summed E-state index contributed by atoms with van der Waals surface area (Å²) in [5.74, 6) is -1.27. The van der Waals surface area contributed by atoms with Gasteiger partial charge in [-0.25, -0.2) is 9.18 Å². The summed E-state index contributed by atoms with van der Waals surface area (Å²) in [7, 11) is 1.23. The molecule has 3 nitrogen and oxygen atoms in total. The van der Waals surface area contributed by atoms with Crippen molar-refractivity contribution in [1.29, 1.82) is 0 Å². The number of aryl methyl sites for hydroxylation is 1. The number of hydrogen-bond donors (Lipinski definition) is 1. The van der Waals surface area contributed by atoms with Crippen LogP contribution in [-0.2, 0) is 11.3 Å². The number of anilines is 1. The van der Waals surface area contributed by atoms with Crippen LogP contribution in [-0.4, -0.2) is 13.1 Å². The summed E-state index contributed by atoms with van der Waals surface area (Å²) in [6, 6.07) is 6.34. The first-order valence-electron chi connectivity index (χ1n) is 5.88. The maximum absolute atomic E-state index is 13.5. The summed E-state index contributed by atoms with van der Waals surface area (Å²) >= 11 is 5.14. The van der Waals surface area contributed by atoms with Crippen molar-refractivity contribution in [3.8, 4) is 0 Å². The molecule has 0 unspecified atom stereocenters. The number of benzene rings is 1. The number of carbonyl (C=O) groups is 1. The molecule has 2 rings (SSSR count). The number of esters is 1. The average Bonchev–Trinajstić information content (AvgIpc) is 2.76. The van der Waals surface area contributed by atoms with Crippen molar-refractivity contribution in [2.75, 3.05) is 12.4 Å². The zero-order valence-electron chi connectivity index (χ0n) is 11.0. The fourth-order valence-corrected chi connectivity index (χ4v) is 3.24. The lowest BCUT2D eigenvalue weighted by Crippen LogP contribution is -2.06. The van der Waals surface area contributed by atoms with Gasteiger partial charge in [-0.1, -0.05) is 0 Å². The van der Waals surface area contributed by atoms with Gasteiger partial charge in [-0.05, 0) is 47.1 Å². The number of methoxy groups -OCH3 is 1. The Balaban J connectivity index is 2.12. The monoisotopic (exact) mass is 357 g/mol. The van der Waals surface area contributed by atoms with Crippen molar-refractivity contribution in [2.45, 2.75) is 13.5 Å². The largest absolute Gasteiger partial charge is 0.465 e. The van der Waals surface area contributed by atoms with E-state index in [1.807, 2.05) is 13.0 Å². The van der Waals surface area contributed by atoms with Gasteiger partial charge in [0.05, 0.1) is 12.7 Å². The molecular formula is C14H13BrFNO2S. The van der Waals surface area contributed by atoms with Crippen LogP contribution in [0.3, 0.4) is 0 Å². The van der Waals surface area contributed by atoms with Gasteiger partial charge in [-0.3, -0.25) is 0 Å². The summed E-state index contributed by atoms with van der Waals surface area (Å²) in [6.07, 6.45) is 0. The quantitative estimate of drug-likeness (QED) is 0.826. The Morgan fingerprint density at radius 2 is 2.20 bits per heavy atom. The highest BCUT2D eigenvalue weighted by molar-refractivity contribution is 9.10. The molecule has 0 spiro atoms. The van der Waals surface area contributed by atoms with Gasteiger partial charge >= 0.3 is 5.97 Å². The number of thiophene rings is 1. The highest BCUT2D eigenvalue weighted by Crippen LogP contribution is 2.27. The number of hydrogen-bond acceptors (Lipinski definition) is 4. The number of halogens is 2. The van der Waals surface area contributed by atoms with Gasteiger partial charge < -0.3 is 10.1 Å². The topological polar surface area (TPSA) is 38.3 Å². The first-order chi connectivity index (χ1) is 9.51.